The topological polar surface area (TPSA) is 247 Å². The van der Waals surface area contributed by atoms with Gasteiger partial charge in [-0.05, 0) is 155 Å². The molecule has 5 saturated heterocycles. The number of hydrogen-bond acceptors (Lipinski definition) is 10. The molecule has 24 heteroatoms. The maximum Gasteiger partial charge on any atom is 0.255 e. The predicted molar refractivity (Wildman–Crippen MR) is 437 cm³/mol. The van der Waals surface area contributed by atoms with Gasteiger partial charge in [0.05, 0.1) is 22.2 Å². The van der Waals surface area contributed by atoms with E-state index in [-0.39, 0.29) is 110 Å². The van der Waals surface area contributed by atoms with Crippen LogP contribution < -0.4 is 26.6 Å². The van der Waals surface area contributed by atoms with Gasteiger partial charge in [-0.1, -0.05) is 196 Å². The van der Waals surface area contributed by atoms with Crippen LogP contribution >= 0.6 is 23.2 Å². The highest BCUT2D eigenvalue weighted by molar-refractivity contribution is 6.33. The van der Waals surface area contributed by atoms with E-state index in [2.05, 4.69) is 155 Å². The molecule has 10 aliphatic rings. The van der Waals surface area contributed by atoms with Crippen molar-refractivity contribution in [3.63, 3.8) is 0 Å². The van der Waals surface area contributed by atoms with E-state index in [0.29, 0.717) is 116 Å². The molecule has 0 aromatic heterocycles. The number of amides is 10. The minimum atomic E-state index is -0.726. The zero-order chi connectivity index (χ0) is 83.8. The Morgan fingerprint density at radius 1 is 0.333 bits per heavy atom. The summed E-state index contributed by atoms with van der Waals surface area (Å²) in [4.78, 5) is 132. The lowest BCUT2D eigenvalue weighted by Crippen LogP contribution is -2.49. The molecule has 0 bridgehead atoms. The molecule has 5 aromatic rings. The Morgan fingerprint density at radius 2 is 0.596 bits per heavy atom. The van der Waals surface area contributed by atoms with Crippen molar-refractivity contribution < 1.29 is 56.7 Å². The van der Waals surface area contributed by atoms with Gasteiger partial charge in [0, 0.05) is 99.2 Å². The van der Waals surface area contributed by atoms with Crippen LogP contribution in [0.15, 0.2) is 128 Å². The number of carbonyl (C=O) groups excluding carboxylic acids is 10. The predicted octanol–water partition coefficient (Wildman–Crippen LogP) is 15.2. The molecule has 5 N–H and O–H groups in total. The van der Waals surface area contributed by atoms with Crippen molar-refractivity contribution in [3.8, 4) is 0 Å². The Labute approximate surface area is 677 Å². The Hall–Kier alpha value is -10.1. The summed E-state index contributed by atoms with van der Waals surface area (Å²) >= 11 is 13.1. The first-order chi connectivity index (χ1) is 53.0. The van der Waals surface area contributed by atoms with Crippen LogP contribution in [0.2, 0.25) is 10.0 Å². The molecule has 0 spiro atoms. The van der Waals surface area contributed by atoms with Gasteiger partial charge in [-0.2, -0.15) is 0 Å². The molecule has 10 amide bonds. The second-order valence-electron chi connectivity index (χ2n) is 36.4. The van der Waals surface area contributed by atoms with Gasteiger partial charge in [0.15, 0.2) is 0 Å². The van der Waals surface area contributed by atoms with E-state index in [0.717, 1.165) is 74.8 Å². The van der Waals surface area contributed by atoms with Gasteiger partial charge < -0.3 is 51.1 Å². The maximum atomic E-state index is 14.9. The van der Waals surface area contributed by atoms with Crippen LogP contribution in [-0.2, 0) is 83.8 Å². The third-order valence-corrected chi connectivity index (χ3v) is 23.6. The minimum Gasteiger partial charge on any atom is -0.329 e. The molecule has 10 heterocycles. The van der Waals surface area contributed by atoms with E-state index in [1.807, 2.05) is 48.5 Å². The third-order valence-electron chi connectivity index (χ3n) is 22.7. The molecular weight excluding hydrogens is 1490 g/mol. The molecule has 5 fully saturated rings. The van der Waals surface area contributed by atoms with Crippen LogP contribution in [0.4, 0.5) is 8.78 Å². The number of halogens is 4. The van der Waals surface area contributed by atoms with Crippen molar-refractivity contribution in [2.45, 2.75) is 258 Å². The van der Waals surface area contributed by atoms with Gasteiger partial charge >= 0.3 is 0 Å². The number of hydrogen-bond donors (Lipinski definition) is 5. The van der Waals surface area contributed by atoms with Crippen LogP contribution in [0, 0.1) is 11.6 Å². The van der Waals surface area contributed by atoms with Gasteiger partial charge in [0.25, 0.3) is 29.5 Å². The second-order valence-corrected chi connectivity index (χ2v) is 37.1. The summed E-state index contributed by atoms with van der Waals surface area (Å²) in [5, 5.41) is 14.9. The molecule has 0 saturated carbocycles. The second kappa shape index (κ2) is 32.0. The van der Waals surface area contributed by atoms with Crippen molar-refractivity contribution in [1.82, 2.24) is 51.1 Å². The molecule has 15 rings (SSSR count). The average Bonchev–Trinajstić information content (AvgIpc) is 1.59. The van der Waals surface area contributed by atoms with Crippen LogP contribution in [0.3, 0.4) is 0 Å². The zero-order valence-electron chi connectivity index (χ0n) is 68.2. The quantitative estimate of drug-likeness (QED) is 0.111. The first kappa shape index (κ1) is 84.8. The number of piperidine rings is 5. The van der Waals surface area contributed by atoms with Crippen LogP contribution in [0.5, 0.6) is 0 Å². The summed E-state index contributed by atoms with van der Waals surface area (Å²) < 4.78 is 29.2. The molecule has 604 valence electrons. The summed E-state index contributed by atoms with van der Waals surface area (Å²) in [7, 11) is 0. The van der Waals surface area contributed by atoms with E-state index < -0.39 is 41.1 Å². The van der Waals surface area contributed by atoms with Gasteiger partial charge in [-0.15, -0.1) is 0 Å². The summed E-state index contributed by atoms with van der Waals surface area (Å²) in [6.45, 7) is 51.3. The normalized spacial score (nSPS) is 21.6. The third kappa shape index (κ3) is 17.3. The van der Waals surface area contributed by atoms with Crippen molar-refractivity contribution in [1.29, 1.82) is 0 Å². The highest BCUT2D eigenvalue weighted by atomic mass is 35.5. The van der Waals surface area contributed by atoms with Crippen molar-refractivity contribution >= 4 is 82.3 Å². The van der Waals surface area contributed by atoms with E-state index in [4.69, 9.17) is 23.2 Å². The van der Waals surface area contributed by atoms with Crippen molar-refractivity contribution in [2.75, 3.05) is 0 Å². The van der Waals surface area contributed by atoms with E-state index in [9.17, 15) is 56.7 Å². The van der Waals surface area contributed by atoms with Crippen LogP contribution in [0.25, 0.3) is 0 Å². The van der Waals surface area contributed by atoms with Crippen LogP contribution in [0.1, 0.15) is 275 Å². The van der Waals surface area contributed by atoms with Gasteiger partial charge in [-0.3, -0.25) is 47.9 Å². The summed E-state index contributed by atoms with van der Waals surface area (Å²) in [6, 6.07) is 18.3. The highest BCUT2D eigenvalue weighted by Crippen LogP contribution is 2.43. The Bertz CT molecular complexity index is 4730. The summed E-state index contributed by atoms with van der Waals surface area (Å²) in [5.41, 5.74) is 13.7. The molecule has 10 aliphatic heterocycles. The lowest BCUT2D eigenvalue weighted by Gasteiger charge is -2.31. The lowest BCUT2D eigenvalue weighted by molar-refractivity contribution is -0.127. The first-order valence-electron chi connectivity index (χ1n) is 39.0. The van der Waals surface area contributed by atoms with Gasteiger partial charge in [0.1, 0.15) is 41.8 Å². The van der Waals surface area contributed by atoms with Crippen molar-refractivity contribution in [3.05, 3.63) is 233 Å². The standard InChI is InChI=1S/2C18H21ClN2O2.C18H20F2N2O2.2C18H22N2O2/c2*1-10-5-8-14(16(22)20-10)21-9-12-11(17(21)23)6-7-13(15(12)19)18(2,3)4;1-9-5-6-13(16(23)21-9)22-8-11-10(17(22)24)7-12(19)14(15(11)20)18(2,3)4;2*1-11-5-8-15(16(21)19-11)20-10-12-9-13(18(2,3)4)6-7-14(12)17(20)22/h2*6-7,14H,1,5,8-9H2,2-4H3,(H,20,22);7,13H,1,5-6,8H2,2-4H3,(H,21,23);2*6-7,9,15H,1,5,8,10H2,2-4H3,(H,19,21)/t14-;;;15-;/m0..0./s1. The molecule has 3 unspecified atom stereocenters. The Kier molecular flexibility index (Phi) is 23.8. The van der Waals surface area contributed by atoms with E-state index in [1.165, 1.54) is 16.0 Å². The lowest BCUT2D eigenvalue weighted by atomic mass is 9.84. The number of rotatable bonds is 5. The van der Waals surface area contributed by atoms with Crippen molar-refractivity contribution in [2.24, 2.45) is 0 Å². The Balaban J connectivity index is 0.000000141. The fraction of sp³-hybridized carbons (Fsp3) is 0.444. The van der Waals surface area contributed by atoms with E-state index >= 15 is 0 Å². The molecule has 5 aromatic carbocycles. The van der Waals surface area contributed by atoms with E-state index in [1.54, 1.807) is 40.4 Å². The zero-order valence-corrected chi connectivity index (χ0v) is 69.7. The SMILES string of the molecule is C=C1CCC(N2Cc3c(cc(F)c(C(C)(C)C)c3F)C2=O)C(=O)N1.C=C1CCC(N2Cc3c(ccc(C(C)(C)C)c3Cl)C2=O)C(=O)N1.C=C1CCC(N2Cc3cc(C(C)(C)C)ccc3C2=O)C(=O)N1.C=C1CC[C@H](N2Cc3c(ccc(C(C)(C)C)c3Cl)C2=O)C(=O)N1.C=C1CC[C@H](N2Cc3cc(C(C)(C)C)ccc3C2=O)C(=O)N1. The molecular formula is C90H106Cl2F2N10O10. The number of nitrogens with one attached hydrogen (secondary N) is 5. The summed E-state index contributed by atoms with van der Waals surface area (Å²) in [6.07, 6.45) is 6.33. The molecule has 20 nitrogen and oxygen atoms in total. The van der Waals surface area contributed by atoms with Gasteiger partial charge in [-0.25, -0.2) is 8.78 Å². The number of benzene rings is 5. The number of carbonyl (C=O) groups is 10. The molecule has 0 radical (unpaired) electrons. The number of nitrogens with zero attached hydrogens (tertiary/aromatic N) is 5. The molecule has 114 heavy (non-hydrogen) atoms. The highest BCUT2D eigenvalue weighted by Gasteiger charge is 2.46. The maximum absolute atomic E-state index is 14.9. The largest absolute Gasteiger partial charge is 0.329 e. The van der Waals surface area contributed by atoms with Crippen LogP contribution in [-0.4, -0.2) is 114 Å². The molecule has 5 atom stereocenters. The smallest absolute Gasteiger partial charge is 0.255 e. The number of fused-ring (bicyclic) bond motifs is 5. The monoisotopic (exact) mass is 1590 g/mol. The average molecular weight is 1600 g/mol. The number of allylic oxidation sites excluding steroid dienone is 5. The fourth-order valence-electron chi connectivity index (χ4n) is 16.2. The Morgan fingerprint density at radius 3 is 0.868 bits per heavy atom. The molecule has 0 aliphatic carbocycles. The van der Waals surface area contributed by atoms with Gasteiger partial charge in [0.2, 0.25) is 29.5 Å². The first-order valence-corrected chi connectivity index (χ1v) is 39.7. The fourth-order valence-corrected chi connectivity index (χ4v) is 17.2. The minimum absolute atomic E-state index is 0.00944. The summed E-state index contributed by atoms with van der Waals surface area (Å²) in [5.74, 6) is -3.10.